The van der Waals surface area contributed by atoms with Crippen molar-refractivity contribution >= 4 is 5.91 Å². The maximum absolute atomic E-state index is 12.5. The molecule has 6 heteroatoms. The van der Waals surface area contributed by atoms with E-state index in [1.54, 1.807) is 23.0 Å². The van der Waals surface area contributed by atoms with Gasteiger partial charge in [0.2, 0.25) is 0 Å². The molecule has 1 unspecified atom stereocenters. The molecular formula is C20H19N3O3. The largest absolute Gasteiger partial charge is 0.486 e. The summed E-state index contributed by atoms with van der Waals surface area (Å²) < 4.78 is 12.9. The second kappa shape index (κ2) is 6.92. The normalized spacial score (nSPS) is 13.9. The van der Waals surface area contributed by atoms with Gasteiger partial charge in [0, 0.05) is 18.0 Å². The second-order valence-corrected chi connectivity index (χ2v) is 6.10. The van der Waals surface area contributed by atoms with Gasteiger partial charge < -0.3 is 14.8 Å². The number of aromatic nitrogens is 2. The molecule has 132 valence electrons. The maximum Gasteiger partial charge on any atom is 0.251 e. The van der Waals surface area contributed by atoms with E-state index in [1.165, 1.54) is 0 Å². The average molecular weight is 349 g/mol. The van der Waals surface area contributed by atoms with Crippen molar-refractivity contribution in [3.05, 3.63) is 72.1 Å². The fraction of sp³-hybridized carbons (Fsp3) is 0.200. The molecule has 0 saturated carbocycles. The topological polar surface area (TPSA) is 65.4 Å². The quantitative estimate of drug-likeness (QED) is 0.786. The Labute approximate surface area is 151 Å². The van der Waals surface area contributed by atoms with Crippen LogP contribution in [-0.2, 0) is 0 Å². The van der Waals surface area contributed by atoms with E-state index in [4.69, 9.17) is 9.47 Å². The molecule has 2 aromatic carbocycles. The molecular weight excluding hydrogens is 330 g/mol. The summed E-state index contributed by atoms with van der Waals surface area (Å²) in [4.78, 5) is 12.5. The summed E-state index contributed by atoms with van der Waals surface area (Å²) in [5.41, 5.74) is 2.48. The number of carbonyl (C=O) groups is 1. The lowest BCUT2D eigenvalue weighted by Gasteiger charge is -2.21. The fourth-order valence-corrected chi connectivity index (χ4v) is 2.88. The number of hydrogen-bond acceptors (Lipinski definition) is 4. The lowest BCUT2D eigenvalue weighted by molar-refractivity contribution is 0.0939. The van der Waals surface area contributed by atoms with Gasteiger partial charge in [-0.05, 0) is 55.0 Å². The lowest BCUT2D eigenvalue weighted by Crippen LogP contribution is -2.26. The third-order valence-corrected chi connectivity index (χ3v) is 4.31. The molecule has 1 aliphatic heterocycles. The van der Waals surface area contributed by atoms with Gasteiger partial charge in [0.15, 0.2) is 11.5 Å². The van der Waals surface area contributed by atoms with Gasteiger partial charge in [-0.25, -0.2) is 4.68 Å². The summed E-state index contributed by atoms with van der Waals surface area (Å²) in [5, 5.41) is 7.19. The van der Waals surface area contributed by atoms with Crippen LogP contribution in [0.15, 0.2) is 60.9 Å². The van der Waals surface area contributed by atoms with E-state index in [2.05, 4.69) is 10.4 Å². The van der Waals surface area contributed by atoms with Gasteiger partial charge in [0.1, 0.15) is 13.2 Å². The number of nitrogens with one attached hydrogen (secondary N) is 1. The number of fused-ring (bicyclic) bond motifs is 1. The molecule has 26 heavy (non-hydrogen) atoms. The van der Waals surface area contributed by atoms with Crippen LogP contribution in [0.5, 0.6) is 11.5 Å². The van der Waals surface area contributed by atoms with Gasteiger partial charge >= 0.3 is 0 Å². The first-order chi connectivity index (χ1) is 12.7. The molecule has 4 rings (SSSR count). The van der Waals surface area contributed by atoms with Gasteiger partial charge in [-0.2, -0.15) is 5.10 Å². The maximum atomic E-state index is 12.5. The number of nitrogens with zero attached hydrogens (tertiary/aromatic N) is 2. The van der Waals surface area contributed by atoms with Crippen LogP contribution < -0.4 is 14.8 Å². The van der Waals surface area contributed by atoms with Crippen molar-refractivity contribution in [2.24, 2.45) is 0 Å². The third kappa shape index (κ3) is 3.26. The van der Waals surface area contributed by atoms with E-state index >= 15 is 0 Å². The Hall–Kier alpha value is -3.28. The Balaban J connectivity index is 1.45. The Bertz CT molecular complexity index is 905. The number of ether oxygens (including phenoxy) is 2. The van der Waals surface area contributed by atoms with Crippen LogP contribution in [0.1, 0.15) is 28.9 Å². The average Bonchev–Trinajstić information content (AvgIpc) is 3.22. The predicted octanol–water partition coefficient (Wildman–Crippen LogP) is 3.13. The van der Waals surface area contributed by atoms with Crippen molar-refractivity contribution in [3.63, 3.8) is 0 Å². The predicted molar refractivity (Wildman–Crippen MR) is 96.9 cm³/mol. The molecule has 0 spiro atoms. The second-order valence-electron chi connectivity index (χ2n) is 6.10. The van der Waals surface area contributed by atoms with E-state index in [0.29, 0.717) is 18.8 Å². The number of rotatable bonds is 4. The minimum absolute atomic E-state index is 0.126. The zero-order valence-corrected chi connectivity index (χ0v) is 14.4. The lowest BCUT2D eigenvalue weighted by atomic mass is 10.1. The highest BCUT2D eigenvalue weighted by Gasteiger charge is 2.16. The highest BCUT2D eigenvalue weighted by molar-refractivity contribution is 5.94. The van der Waals surface area contributed by atoms with Crippen molar-refractivity contribution in [2.75, 3.05) is 13.2 Å². The summed E-state index contributed by atoms with van der Waals surface area (Å²) >= 11 is 0. The van der Waals surface area contributed by atoms with Crippen LogP contribution in [0.2, 0.25) is 0 Å². The summed E-state index contributed by atoms with van der Waals surface area (Å²) in [6.45, 7) is 3.05. The van der Waals surface area contributed by atoms with Crippen LogP contribution in [0.25, 0.3) is 5.69 Å². The first-order valence-corrected chi connectivity index (χ1v) is 8.51. The van der Waals surface area contributed by atoms with Gasteiger partial charge in [0.05, 0.1) is 11.7 Å². The van der Waals surface area contributed by atoms with E-state index in [9.17, 15) is 4.79 Å². The zero-order valence-electron chi connectivity index (χ0n) is 14.4. The monoisotopic (exact) mass is 349 g/mol. The van der Waals surface area contributed by atoms with Crippen LogP contribution in [0, 0.1) is 0 Å². The summed E-state index contributed by atoms with van der Waals surface area (Å²) in [6.07, 6.45) is 3.58. The SMILES string of the molecule is CC(NC(=O)c1ccc(-n2cccn2)cc1)c1ccc2c(c1)OCCO2. The molecule has 0 radical (unpaired) electrons. The molecule has 1 N–H and O–H groups in total. The number of hydrogen-bond donors (Lipinski definition) is 1. The molecule has 1 aliphatic rings. The van der Waals surface area contributed by atoms with Gasteiger partial charge in [-0.15, -0.1) is 0 Å². The minimum atomic E-state index is -0.149. The number of benzene rings is 2. The Morgan fingerprint density at radius 1 is 1.12 bits per heavy atom. The molecule has 1 amide bonds. The Kier molecular flexibility index (Phi) is 4.31. The standard InChI is InChI=1S/C20H19N3O3/c1-14(16-5-8-18-19(13-16)26-12-11-25-18)22-20(24)15-3-6-17(7-4-15)23-10-2-9-21-23/h2-10,13-14H,11-12H2,1H3,(H,22,24). The van der Waals surface area contributed by atoms with Gasteiger partial charge in [-0.3, -0.25) is 4.79 Å². The fourth-order valence-electron chi connectivity index (χ4n) is 2.88. The molecule has 1 aromatic heterocycles. The summed E-state index contributed by atoms with van der Waals surface area (Å²) in [7, 11) is 0. The highest BCUT2D eigenvalue weighted by atomic mass is 16.6. The first kappa shape index (κ1) is 16.2. The van der Waals surface area contributed by atoms with E-state index in [-0.39, 0.29) is 11.9 Å². The van der Waals surface area contributed by atoms with Crippen LogP contribution in [-0.4, -0.2) is 28.9 Å². The van der Waals surface area contributed by atoms with E-state index in [1.807, 2.05) is 49.5 Å². The zero-order chi connectivity index (χ0) is 17.9. The molecule has 0 fully saturated rings. The van der Waals surface area contributed by atoms with Crippen molar-refractivity contribution in [1.29, 1.82) is 0 Å². The Morgan fingerprint density at radius 2 is 1.88 bits per heavy atom. The van der Waals surface area contributed by atoms with Crippen molar-refractivity contribution in [1.82, 2.24) is 15.1 Å². The molecule has 1 atom stereocenters. The molecule has 0 aliphatic carbocycles. The summed E-state index contributed by atoms with van der Waals surface area (Å²) in [5.74, 6) is 1.34. The van der Waals surface area contributed by atoms with Crippen molar-refractivity contribution in [2.45, 2.75) is 13.0 Å². The van der Waals surface area contributed by atoms with Crippen LogP contribution in [0.3, 0.4) is 0 Å². The minimum Gasteiger partial charge on any atom is -0.486 e. The molecule has 2 heterocycles. The van der Waals surface area contributed by atoms with Crippen molar-refractivity contribution < 1.29 is 14.3 Å². The van der Waals surface area contributed by atoms with E-state index < -0.39 is 0 Å². The van der Waals surface area contributed by atoms with Crippen LogP contribution in [0.4, 0.5) is 0 Å². The molecule has 0 saturated heterocycles. The summed E-state index contributed by atoms with van der Waals surface area (Å²) in [6, 6.07) is 14.8. The number of carbonyl (C=O) groups excluding carboxylic acids is 1. The highest BCUT2D eigenvalue weighted by Crippen LogP contribution is 2.32. The molecule has 3 aromatic rings. The molecule has 0 bridgehead atoms. The van der Waals surface area contributed by atoms with E-state index in [0.717, 1.165) is 22.7 Å². The molecule has 6 nitrogen and oxygen atoms in total. The third-order valence-electron chi connectivity index (χ3n) is 4.31. The number of amides is 1. The van der Waals surface area contributed by atoms with Crippen molar-refractivity contribution in [3.8, 4) is 17.2 Å². The smallest absolute Gasteiger partial charge is 0.251 e. The first-order valence-electron chi connectivity index (χ1n) is 8.51. The van der Waals surface area contributed by atoms with Gasteiger partial charge in [-0.1, -0.05) is 6.07 Å². The van der Waals surface area contributed by atoms with Gasteiger partial charge in [0.25, 0.3) is 5.91 Å². The van der Waals surface area contributed by atoms with Crippen LogP contribution >= 0.6 is 0 Å². The Morgan fingerprint density at radius 3 is 2.62 bits per heavy atom.